The third-order valence-electron chi connectivity index (χ3n) is 2.58. The summed E-state index contributed by atoms with van der Waals surface area (Å²) in [6.45, 7) is -0.0461. The maximum absolute atomic E-state index is 11.1. The second-order valence-corrected chi connectivity index (χ2v) is 4.00. The molecule has 1 N–H and O–H groups in total. The molecule has 0 aliphatic rings. The Morgan fingerprint density at radius 2 is 2.00 bits per heavy atom. The topological polar surface area (TPSA) is 84.2 Å². The summed E-state index contributed by atoms with van der Waals surface area (Å²) < 4.78 is 10.8. The van der Waals surface area contributed by atoms with Crippen LogP contribution in [0.25, 0.3) is 0 Å². The lowest BCUT2D eigenvalue weighted by molar-refractivity contribution is -0.122. The predicted molar refractivity (Wildman–Crippen MR) is 75.0 cm³/mol. The number of nitriles is 1. The van der Waals surface area contributed by atoms with Gasteiger partial charge in [0.2, 0.25) is 5.88 Å². The van der Waals surface area contributed by atoms with Gasteiger partial charge >= 0.3 is 0 Å². The molecule has 1 aromatic heterocycles. The Balaban J connectivity index is 2.03. The molecule has 21 heavy (non-hydrogen) atoms. The second kappa shape index (κ2) is 6.91. The van der Waals surface area contributed by atoms with Crippen molar-refractivity contribution in [1.82, 2.24) is 10.3 Å². The zero-order valence-electron chi connectivity index (χ0n) is 11.4. The highest BCUT2D eigenvalue weighted by Gasteiger charge is 2.06. The van der Waals surface area contributed by atoms with E-state index in [0.717, 1.165) is 0 Å². The number of amides is 1. The Bertz CT molecular complexity index is 663. The molecule has 1 heterocycles. The maximum Gasteiger partial charge on any atom is 0.257 e. The number of rotatable bonds is 5. The summed E-state index contributed by atoms with van der Waals surface area (Å²) in [4.78, 5) is 15.1. The summed E-state index contributed by atoms with van der Waals surface area (Å²) in [6, 6.07) is 12.0. The van der Waals surface area contributed by atoms with Gasteiger partial charge in [0.25, 0.3) is 5.91 Å². The molecule has 2 aromatic rings. The molecule has 0 fully saturated rings. The van der Waals surface area contributed by atoms with Gasteiger partial charge in [0.1, 0.15) is 23.1 Å². The lowest BCUT2D eigenvalue weighted by Gasteiger charge is -2.08. The molecular weight excluding hydrogens is 270 g/mol. The Hall–Kier alpha value is -3.07. The highest BCUT2D eigenvalue weighted by Crippen LogP contribution is 2.24. The minimum atomic E-state index is -0.206. The number of hydrogen-bond acceptors (Lipinski definition) is 5. The average molecular weight is 283 g/mol. The fraction of sp³-hybridized carbons (Fsp3) is 0.133. The molecule has 0 bridgehead atoms. The van der Waals surface area contributed by atoms with Crippen LogP contribution in [0.1, 0.15) is 5.56 Å². The monoisotopic (exact) mass is 283 g/mol. The average Bonchev–Trinajstić information content (AvgIpc) is 2.54. The van der Waals surface area contributed by atoms with E-state index in [2.05, 4.69) is 10.3 Å². The van der Waals surface area contributed by atoms with Crippen LogP contribution < -0.4 is 14.8 Å². The number of aromatic nitrogens is 1. The van der Waals surface area contributed by atoms with E-state index in [9.17, 15) is 4.79 Å². The van der Waals surface area contributed by atoms with Crippen LogP contribution in [0.2, 0.25) is 0 Å². The molecule has 0 saturated carbocycles. The van der Waals surface area contributed by atoms with Gasteiger partial charge in [0, 0.05) is 13.2 Å². The van der Waals surface area contributed by atoms with Crippen LogP contribution in [-0.2, 0) is 4.79 Å². The molecule has 0 aliphatic carbocycles. The van der Waals surface area contributed by atoms with Crippen LogP contribution in [0.4, 0.5) is 0 Å². The first-order valence-corrected chi connectivity index (χ1v) is 6.19. The zero-order chi connectivity index (χ0) is 15.1. The Labute approximate surface area is 121 Å². The van der Waals surface area contributed by atoms with E-state index in [-0.39, 0.29) is 18.4 Å². The summed E-state index contributed by atoms with van der Waals surface area (Å²) in [5.74, 6) is 1.12. The third-order valence-corrected chi connectivity index (χ3v) is 2.58. The highest BCUT2D eigenvalue weighted by atomic mass is 16.5. The van der Waals surface area contributed by atoms with E-state index in [0.29, 0.717) is 17.1 Å². The van der Waals surface area contributed by atoms with Crippen LogP contribution in [0.15, 0.2) is 42.6 Å². The van der Waals surface area contributed by atoms with Gasteiger partial charge in [0.15, 0.2) is 6.61 Å². The van der Waals surface area contributed by atoms with E-state index in [1.807, 2.05) is 6.07 Å². The number of benzene rings is 1. The molecule has 0 aliphatic heterocycles. The zero-order valence-corrected chi connectivity index (χ0v) is 11.4. The Morgan fingerprint density at radius 3 is 2.67 bits per heavy atom. The Morgan fingerprint density at radius 1 is 1.29 bits per heavy atom. The van der Waals surface area contributed by atoms with E-state index < -0.39 is 0 Å². The number of hydrogen-bond donors (Lipinski definition) is 1. The SMILES string of the molecule is CNC(=O)COc1ccc(Oc2ncccc2C#N)cc1. The van der Waals surface area contributed by atoms with Crippen molar-refractivity contribution in [2.75, 3.05) is 13.7 Å². The summed E-state index contributed by atoms with van der Waals surface area (Å²) >= 11 is 0. The molecule has 0 spiro atoms. The van der Waals surface area contributed by atoms with Crippen LogP contribution >= 0.6 is 0 Å². The predicted octanol–water partition coefficient (Wildman–Crippen LogP) is 1.87. The summed E-state index contributed by atoms with van der Waals surface area (Å²) in [5, 5.41) is 11.4. The molecule has 0 atom stereocenters. The first-order valence-electron chi connectivity index (χ1n) is 6.19. The van der Waals surface area contributed by atoms with Gasteiger partial charge < -0.3 is 14.8 Å². The summed E-state index contributed by atoms with van der Waals surface area (Å²) in [5.41, 5.74) is 0.359. The Kier molecular flexibility index (Phi) is 4.72. The molecule has 6 nitrogen and oxygen atoms in total. The molecule has 0 radical (unpaired) electrons. The van der Waals surface area contributed by atoms with Crippen LogP contribution in [0, 0.1) is 11.3 Å². The molecule has 1 amide bonds. The van der Waals surface area contributed by atoms with Gasteiger partial charge in [-0.25, -0.2) is 4.98 Å². The van der Waals surface area contributed by atoms with Crippen LogP contribution in [0.5, 0.6) is 17.4 Å². The molecule has 1 aromatic carbocycles. The van der Waals surface area contributed by atoms with Gasteiger partial charge in [-0.05, 0) is 36.4 Å². The first-order chi connectivity index (χ1) is 10.2. The summed E-state index contributed by atoms with van der Waals surface area (Å²) in [6.07, 6.45) is 1.55. The maximum atomic E-state index is 11.1. The molecule has 0 unspecified atom stereocenters. The van der Waals surface area contributed by atoms with E-state index >= 15 is 0 Å². The lowest BCUT2D eigenvalue weighted by atomic mass is 10.3. The second-order valence-electron chi connectivity index (χ2n) is 4.00. The fourth-order valence-electron chi connectivity index (χ4n) is 1.49. The number of pyridine rings is 1. The van der Waals surface area contributed by atoms with Crippen molar-refractivity contribution in [2.24, 2.45) is 0 Å². The quantitative estimate of drug-likeness (QED) is 0.905. The number of carbonyl (C=O) groups is 1. The first kappa shape index (κ1) is 14.3. The fourth-order valence-corrected chi connectivity index (χ4v) is 1.49. The smallest absolute Gasteiger partial charge is 0.257 e. The minimum Gasteiger partial charge on any atom is -0.484 e. The number of nitrogens with one attached hydrogen (secondary N) is 1. The highest BCUT2D eigenvalue weighted by molar-refractivity contribution is 5.77. The van der Waals surface area contributed by atoms with E-state index in [4.69, 9.17) is 14.7 Å². The van der Waals surface area contributed by atoms with Crippen LogP contribution in [0.3, 0.4) is 0 Å². The summed E-state index contributed by atoms with van der Waals surface area (Å²) in [7, 11) is 1.54. The van der Waals surface area contributed by atoms with Crippen LogP contribution in [-0.4, -0.2) is 24.5 Å². The van der Waals surface area contributed by atoms with E-state index in [1.165, 1.54) is 0 Å². The van der Waals surface area contributed by atoms with Crippen molar-refractivity contribution >= 4 is 5.91 Å². The van der Waals surface area contributed by atoms with Crippen molar-refractivity contribution in [3.05, 3.63) is 48.2 Å². The number of nitrogens with zero attached hydrogens (tertiary/aromatic N) is 2. The van der Waals surface area contributed by atoms with Crippen molar-refractivity contribution in [2.45, 2.75) is 0 Å². The van der Waals surface area contributed by atoms with Gasteiger partial charge in [-0.1, -0.05) is 0 Å². The van der Waals surface area contributed by atoms with Gasteiger partial charge in [-0.2, -0.15) is 5.26 Å². The molecular formula is C15H13N3O3. The molecule has 6 heteroatoms. The largest absolute Gasteiger partial charge is 0.484 e. The van der Waals surface area contributed by atoms with Crippen molar-refractivity contribution < 1.29 is 14.3 Å². The lowest BCUT2D eigenvalue weighted by Crippen LogP contribution is -2.24. The number of likely N-dealkylation sites (N-methyl/N-ethyl adjacent to an activating group) is 1. The molecule has 106 valence electrons. The van der Waals surface area contributed by atoms with Crippen molar-refractivity contribution in [3.63, 3.8) is 0 Å². The molecule has 2 rings (SSSR count). The van der Waals surface area contributed by atoms with Crippen molar-refractivity contribution in [1.29, 1.82) is 5.26 Å². The third kappa shape index (κ3) is 3.94. The number of ether oxygens (including phenoxy) is 2. The van der Waals surface area contributed by atoms with E-state index in [1.54, 1.807) is 49.6 Å². The minimum absolute atomic E-state index is 0.0461. The van der Waals surface area contributed by atoms with Gasteiger partial charge in [0.05, 0.1) is 0 Å². The standard InChI is InChI=1S/C15H13N3O3/c1-17-14(19)10-20-12-4-6-13(7-5-12)21-15-11(9-16)3-2-8-18-15/h2-8H,10H2,1H3,(H,17,19). The van der Waals surface area contributed by atoms with Gasteiger partial charge in [-0.15, -0.1) is 0 Å². The normalized spacial score (nSPS) is 9.52. The van der Waals surface area contributed by atoms with Crippen molar-refractivity contribution in [3.8, 4) is 23.4 Å². The molecule has 0 saturated heterocycles. The van der Waals surface area contributed by atoms with Gasteiger partial charge in [-0.3, -0.25) is 4.79 Å². The number of carbonyl (C=O) groups excluding carboxylic acids is 1.